The van der Waals surface area contributed by atoms with E-state index in [2.05, 4.69) is 20.4 Å². The number of carbonyl (C=O) groups excluding carboxylic acids is 2. The van der Waals surface area contributed by atoms with Crippen molar-refractivity contribution < 1.29 is 18.0 Å². The molecule has 1 atom stereocenters. The normalized spacial score (nSPS) is 12.4. The second kappa shape index (κ2) is 8.82. The van der Waals surface area contributed by atoms with Crippen LogP contribution in [0.25, 0.3) is 11.3 Å². The van der Waals surface area contributed by atoms with Gasteiger partial charge in [0.1, 0.15) is 11.3 Å². The summed E-state index contributed by atoms with van der Waals surface area (Å²) in [4.78, 5) is 33.1. The Morgan fingerprint density at radius 1 is 1.06 bits per heavy atom. The molecule has 0 aliphatic rings. The zero-order valence-electron chi connectivity index (χ0n) is 17.8. The predicted molar refractivity (Wildman–Crippen MR) is 119 cm³/mol. The Bertz CT molecular complexity index is 1430. The molecule has 0 fully saturated rings. The summed E-state index contributed by atoms with van der Waals surface area (Å²) in [6.45, 7) is 3.41. The van der Waals surface area contributed by atoms with Crippen LogP contribution in [0.2, 0.25) is 0 Å². The number of aryl methyl sites for hydroxylation is 1. The van der Waals surface area contributed by atoms with Crippen LogP contribution in [0.1, 0.15) is 33.6 Å². The molecule has 4 heterocycles. The molecular weight excluding hydrogens is 446 g/mol. The molecule has 0 saturated heterocycles. The summed E-state index contributed by atoms with van der Waals surface area (Å²) in [6, 6.07) is 9.50. The van der Waals surface area contributed by atoms with Crippen LogP contribution in [0.15, 0.2) is 61.2 Å². The molecule has 4 rings (SSSR count). The van der Waals surface area contributed by atoms with Gasteiger partial charge in [-0.15, -0.1) is 0 Å². The van der Waals surface area contributed by atoms with Gasteiger partial charge in [0.2, 0.25) is 10.0 Å². The van der Waals surface area contributed by atoms with E-state index in [0.717, 1.165) is 5.69 Å². The van der Waals surface area contributed by atoms with Gasteiger partial charge in [-0.25, -0.2) is 22.8 Å². The molecule has 4 aromatic rings. The third-order valence-corrected chi connectivity index (χ3v) is 6.21. The third kappa shape index (κ3) is 5.06. The number of hydrogen-bond donors (Lipinski definition) is 2. The molecule has 0 bridgehead atoms. The second-order valence-electron chi connectivity index (χ2n) is 7.46. The van der Waals surface area contributed by atoms with E-state index in [0.29, 0.717) is 11.3 Å². The predicted octanol–water partition coefficient (Wildman–Crippen LogP) is 1.10. The summed E-state index contributed by atoms with van der Waals surface area (Å²) in [7, 11) is -4.04. The van der Waals surface area contributed by atoms with Gasteiger partial charge in [0, 0.05) is 36.5 Å². The molecule has 0 aliphatic carbocycles. The van der Waals surface area contributed by atoms with Crippen molar-refractivity contribution in [2.24, 2.45) is 0 Å². The molecule has 33 heavy (non-hydrogen) atoms. The van der Waals surface area contributed by atoms with Gasteiger partial charge in [-0.2, -0.15) is 5.10 Å². The summed E-state index contributed by atoms with van der Waals surface area (Å²) >= 11 is 0. The van der Waals surface area contributed by atoms with Gasteiger partial charge in [-0.3, -0.25) is 14.6 Å². The van der Waals surface area contributed by atoms with E-state index < -0.39 is 33.6 Å². The van der Waals surface area contributed by atoms with E-state index in [1.165, 1.54) is 23.9 Å². The number of pyridine rings is 2. The summed E-state index contributed by atoms with van der Waals surface area (Å²) in [6.07, 6.45) is 6.27. The molecule has 0 spiro atoms. The molecule has 0 unspecified atom stereocenters. The second-order valence-corrected chi connectivity index (χ2v) is 9.23. The lowest BCUT2D eigenvalue weighted by Gasteiger charge is -2.13. The molecule has 2 N–H and O–H groups in total. The highest BCUT2D eigenvalue weighted by molar-refractivity contribution is 7.90. The molecule has 0 saturated carbocycles. The average Bonchev–Trinajstić information content (AvgIpc) is 3.42. The van der Waals surface area contributed by atoms with Gasteiger partial charge in [-0.1, -0.05) is 6.07 Å². The highest BCUT2D eigenvalue weighted by Gasteiger charge is 2.23. The van der Waals surface area contributed by atoms with E-state index in [4.69, 9.17) is 0 Å². The molecule has 0 radical (unpaired) electrons. The number of hydrogen-bond acceptors (Lipinski definition) is 7. The number of sulfonamides is 1. The minimum Gasteiger partial charge on any atom is -0.347 e. The van der Waals surface area contributed by atoms with Crippen LogP contribution in [-0.2, 0) is 10.0 Å². The van der Waals surface area contributed by atoms with Crippen molar-refractivity contribution in [1.82, 2.24) is 34.2 Å². The number of imidazole rings is 1. The van der Waals surface area contributed by atoms with Crippen molar-refractivity contribution in [3.8, 4) is 5.69 Å². The molecule has 2 amide bonds. The Morgan fingerprint density at radius 2 is 1.82 bits per heavy atom. The van der Waals surface area contributed by atoms with Gasteiger partial charge in [-0.05, 0) is 44.2 Å². The van der Waals surface area contributed by atoms with Crippen molar-refractivity contribution in [1.29, 1.82) is 0 Å². The minimum absolute atomic E-state index is 0.0628. The smallest absolute Gasteiger partial charge is 0.285 e. The highest BCUT2D eigenvalue weighted by atomic mass is 32.2. The number of fused-ring (bicyclic) bond motifs is 1. The Kier molecular flexibility index (Phi) is 5.92. The van der Waals surface area contributed by atoms with Crippen molar-refractivity contribution in [3.63, 3.8) is 0 Å². The fourth-order valence-corrected chi connectivity index (χ4v) is 4.46. The van der Waals surface area contributed by atoms with Crippen molar-refractivity contribution >= 4 is 27.5 Å². The van der Waals surface area contributed by atoms with Gasteiger partial charge < -0.3 is 9.72 Å². The minimum atomic E-state index is -4.04. The molecule has 12 heteroatoms. The number of amides is 2. The van der Waals surface area contributed by atoms with E-state index in [-0.39, 0.29) is 11.4 Å². The van der Waals surface area contributed by atoms with Crippen LogP contribution in [0.5, 0.6) is 0 Å². The van der Waals surface area contributed by atoms with E-state index in [9.17, 15) is 18.0 Å². The quantitative estimate of drug-likeness (QED) is 0.415. The van der Waals surface area contributed by atoms with Crippen LogP contribution in [0, 0.1) is 6.92 Å². The molecule has 170 valence electrons. The van der Waals surface area contributed by atoms with Crippen LogP contribution < -0.4 is 10.0 Å². The first-order valence-electron chi connectivity index (χ1n) is 9.98. The van der Waals surface area contributed by atoms with Gasteiger partial charge >= 0.3 is 0 Å². The lowest BCUT2D eigenvalue weighted by Crippen LogP contribution is -2.42. The zero-order valence-corrected chi connectivity index (χ0v) is 18.7. The summed E-state index contributed by atoms with van der Waals surface area (Å²) in [5.41, 5.74) is 2.29. The first-order valence-corrected chi connectivity index (χ1v) is 11.6. The number of aromatic nitrogens is 5. The molecule has 0 aromatic carbocycles. The molecule has 0 aliphatic heterocycles. The van der Waals surface area contributed by atoms with Crippen molar-refractivity contribution in [3.05, 3.63) is 78.3 Å². The Hall–Kier alpha value is -4.06. The van der Waals surface area contributed by atoms with Crippen molar-refractivity contribution in [2.45, 2.75) is 19.9 Å². The van der Waals surface area contributed by atoms with E-state index in [1.54, 1.807) is 41.2 Å². The van der Waals surface area contributed by atoms with Crippen LogP contribution >= 0.6 is 0 Å². The van der Waals surface area contributed by atoms with Crippen LogP contribution in [0.3, 0.4) is 0 Å². The fraction of sp³-hybridized carbons (Fsp3) is 0.190. The maximum Gasteiger partial charge on any atom is 0.285 e. The maximum absolute atomic E-state index is 12.5. The largest absolute Gasteiger partial charge is 0.347 e. The Labute approximate surface area is 189 Å². The van der Waals surface area contributed by atoms with Gasteiger partial charge in [0.15, 0.2) is 5.69 Å². The number of nitrogens with one attached hydrogen (secondary N) is 2. The Morgan fingerprint density at radius 3 is 2.55 bits per heavy atom. The monoisotopic (exact) mass is 467 g/mol. The summed E-state index contributed by atoms with van der Waals surface area (Å²) < 4.78 is 30.1. The standard InChI is InChI=1S/C21H21N7O4S/c1-14(23-20(29)18-12-27-15(2)4-3-5-19(27)24-18)13-33(31,32)26-21(30)17-8-11-28(25-17)16-6-9-22-10-7-16/h3-12,14H,13H2,1-2H3,(H,23,29)(H,26,30)/t14-/m0/s1. The zero-order chi connectivity index (χ0) is 23.6. The first-order chi connectivity index (χ1) is 15.7. The van der Waals surface area contributed by atoms with Gasteiger partial charge in [0.05, 0.1) is 11.4 Å². The first kappa shape index (κ1) is 22.1. The SMILES string of the molecule is Cc1cccc2nc(C(=O)N[C@@H](C)CS(=O)(=O)NC(=O)c3ccn(-c4ccncc4)n3)cn12. The third-order valence-electron chi connectivity index (χ3n) is 4.77. The van der Waals surface area contributed by atoms with Crippen LogP contribution in [-0.4, -0.2) is 56.2 Å². The molecule has 11 nitrogen and oxygen atoms in total. The summed E-state index contributed by atoms with van der Waals surface area (Å²) in [5, 5.41) is 6.69. The maximum atomic E-state index is 12.5. The lowest BCUT2D eigenvalue weighted by molar-refractivity contribution is 0.0938. The number of carbonyl (C=O) groups is 2. The number of nitrogens with zero attached hydrogens (tertiary/aromatic N) is 5. The summed E-state index contributed by atoms with van der Waals surface area (Å²) in [5.74, 6) is -1.87. The lowest BCUT2D eigenvalue weighted by atomic mass is 10.3. The topological polar surface area (TPSA) is 140 Å². The Balaban J connectivity index is 1.37. The molecular formula is C21H21N7O4S. The van der Waals surface area contributed by atoms with Gasteiger partial charge in [0.25, 0.3) is 11.8 Å². The molecule has 4 aromatic heterocycles. The fourth-order valence-electron chi connectivity index (χ4n) is 3.25. The van der Waals surface area contributed by atoms with Crippen molar-refractivity contribution in [2.75, 3.05) is 5.75 Å². The average molecular weight is 468 g/mol. The number of rotatable bonds is 7. The highest BCUT2D eigenvalue weighted by Crippen LogP contribution is 2.09. The van der Waals surface area contributed by atoms with Crippen LogP contribution in [0.4, 0.5) is 0 Å². The van der Waals surface area contributed by atoms with E-state index in [1.807, 2.05) is 23.8 Å². The van der Waals surface area contributed by atoms with E-state index >= 15 is 0 Å².